The largest absolute Gasteiger partial charge is 0.324 e. The number of hydrogen-bond acceptors (Lipinski definition) is 2. The second-order valence-corrected chi connectivity index (χ2v) is 8.29. The van der Waals surface area contributed by atoms with Crippen molar-refractivity contribution >= 4 is 22.5 Å². The highest BCUT2D eigenvalue weighted by atomic mass is 16.1. The van der Waals surface area contributed by atoms with Crippen LogP contribution in [0.5, 0.6) is 0 Å². The number of carbonyl (C=O) groups is 1. The molecule has 3 atom stereocenters. The van der Waals surface area contributed by atoms with Gasteiger partial charge in [-0.25, -0.2) is 0 Å². The van der Waals surface area contributed by atoms with E-state index in [0.29, 0.717) is 5.92 Å². The zero-order chi connectivity index (χ0) is 18.4. The van der Waals surface area contributed by atoms with Crippen LogP contribution in [-0.2, 0) is 10.2 Å². The molecule has 3 aromatic rings. The van der Waals surface area contributed by atoms with Crippen LogP contribution in [0, 0.1) is 18.8 Å². The Balaban J connectivity index is 1.48. The summed E-state index contributed by atoms with van der Waals surface area (Å²) in [7, 11) is 0. The van der Waals surface area contributed by atoms with Gasteiger partial charge in [0.15, 0.2) is 0 Å². The second-order valence-electron chi connectivity index (χ2n) is 8.29. The van der Waals surface area contributed by atoms with Crippen LogP contribution < -0.4 is 5.32 Å². The fourth-order valence-electron chi connectivity index (χ4n) is 5.39. The highest BCUT2D eigenvalue weighted by Gasteiger charge is 2.55. The van der Waals surface area contributed by atoms with Crippen LogP contribution >= 0.6 is 0 Å². The van der Waals surface area contributed by atoms with E-state index in [-0.39, 0.29) is 17.2 Å². The summed E-state index contributed by atoms with van der Waals surface area (Å²) < 4.78 is 0. The lowest BCUT2D eigenvalue weighted by atomic mass is 9.69. The topological polar surface area (TPSA) is 42.0 Å². The third-order valence-electron chi connectivity index (χ3n) is 6.72. The maximum Gasteiger partial charge on any atom is 0.228 e. The summed E-state index contributed by atoms with van der Waals surface area (Å²) in [4.78, 5) is 17.8. The molecule has 0 saturated heterocycles. The van der Waals surface area contributed by atoms with Gasteiger partial charge in [-0.1, -0.05) is 48.0 Å². The minimum Gasteiger partial charge on any atom is -0.324 e. The Bertz CT molecular complexity index is 1010. The number of fused-ring (bicyclic) bond motifs is 3. The van der Waals surface area contributed by atoms with E-state index in [2.05, 4.69) is 41.5 Å². The summed E-state index contributed by atoms with van der Waals surface area (Å²) in [5.41, 5.74) is 4.29. The van der Waals surface area contributed by atoms with Gasteiger partial charge >= 0.3 is 0 Å². The summed E-state index contributed by atoms with van der Waals surface area (Å²) in [6.07, 6.45) is 6.28. The molecule has 3 nitrogen and oxygen atoms in total. The summed E-state index contributed by atoms with van der Waals surface area (Å²) in [5, 5.41) is 4.27. The number of aromatic nitrogens is 1. The van der Waals surface area contributed by atoms with E-state index >= 15 is 0 Å². The molecule has 0 spiro atoms. The van der Waals surface area contributed by atoms with Gasteiger partial charge in [0.25, 0.3) is 0 Å². The number of pyridine rings is 1. The molecule has 136 valence electrons. The standard InChI is InChI=1S/C24H24N2O/c1-16-7-9-19(10-8-16)24-12-11-17(15-24)14-20(24)23(27)26-21-6-2-4-18-5-3-13-25-22(18)21/h2-10,13,17,20H,11-12,14-15H2,1H3,(H,26,27). The van der Waals surface area contributed by atoms with Gasteiger partial charge in [-0.2, -0.15) is 0 Å². The van der Waals surface area contributed by atoms with Crippen molar-refractivity contribution in [3.05, 3.63) is 71.9 Å². The summed E-state index contributed by atoms with van der Waals surface area (Å²) >= 11 is 0. The Morgan fingerprint density at radius 2 is 1.93 bits per heavy atom. The summed E-state index contributed by atoms with van der Waals surface area (Å²) in [6, 6.07) is 18.8. The molecular weight excluding hydrogens is 332 g/mol. The SMILES string of the molecule is Cc1ccc(C23CCC(CC2C(=O)Nc2cccc4cccnc24)C3)cc1. The Hall–Kier alpha value is -2.68. The number of nitrogens with zero attached hydrogens (tertiary/aromatic N) is 1. The van der Waals surface area contributed by atoms with Crippen LogP contribution in [0.1, 0.15) is 36.8 Å². The molecule has 0 radical (unpaired) electrons. The fraction of sp³-hybridized carbons (Fsp3) is 0.333. The Morgan fingerprint density at radius 3 is 2.74 bits per heavy atom. The van der Waals surface area contributed by atoms with Crippen molar-refractivity contribution in [1.82, 2.24) is 4.98 Å². The molecule has 1 heterocycles. The minimum atomic E-state index is 0.000459. The predicted octanol–water partition coefficient (Wildman–Crippen LogP) is 5.24. The molecule has 2 bridgehead atoms. The Kier molecular flexibility index (Phi) is 3.78. The van der Waals surface area contributed by atoms with Gasteiger partial charge in [0.2, 0.25) is 5.91 Å². The quantitative estimate of drug-likeness (QED) is 0.697. The third kappa shape index (κ3) is 2.64. The van der Waals surface area contributed by atoms with E-state index in [9.17, 15) is 4.79 Å². The minimum absolute atomic E-state index is 0.000459. The molecule has 2 aliphatic rings. The van der Waals surface area contributed by atoms with Crippen LogP contribution in [0.3, 0.4) is 0 Å². The molecule has 3 heteroatoms. The Morgan fingerprint density at radius 1 is 1.11 bits per heavy atom. The summed E-state index contributed by atoms with van der Waals surface area (Å²) in [5.74, 6) is 0.863. The molecule has 1 N–H and O–H groups in total. The van der Waals surface area contributed by atoms with Gasteiger partial charge in [-0.3, -0.25) is 9.78 Å². The van der Waals surface area contributed by atoms with Crippen LogP contribution in [0.2, 0.25) is 0 Å². The molecule has 5 rings (SSSR count). The normalized spacial score (nSPS) is 26.4. The summed E-state index contributed by atoms with van der Waals surface area (Å²) in [6.45, 7) is 2.12. The Labute approximate surface area is 159 Å². The van der Waals surface area contributed by atoms with E-state index in [1.165, 1.54) is 17.5 Å². The van der Waals surface area contributed by atoms with Crippen molar-refractivity contribution in [3.8, 4) is 0 Å². The number of hydrogen-bond donors (Lipinski definition) is 1. The van der Waals surface area contributed by atoms with Gasteiger partial charge in [-0.15, -0.1) is 0 Å². The van der Waals surface area contributed by atoms with Gasteiger partial charge in [0, 0.05) is 22.9 Å². The van der Waals surface area contributed by atoms with E-state index in [1.807, 2.05) is 30.3 Å². The number of anilines is 1. The van der Waals surface area contributed by atoms with E-state index in [1.54, 1.807) is 6.20 Å². The maximum atomic E-state index is 13.4. The average molecular weight is 356 g/mol. The van der Waals surface area contributed by atoms with Crippen molar-refractivity contribution in [1.29, 1.82) is 0 Å². The molecule has 27 heavy (non-hydrogen) atoms. The van der Waals surface area contributed by atoms with Crippen molar-refractivity contribution < 1.29 is 4.79 Å². The van der Waals surface area contributed by atoms with Gasteiger partial charge in [0.05, 0.1) is 11.2 Å². The van der Waals surface area contributed by atoms with Gasteiger partial charge in [-0.05, 0) is 56.2 Å². The van der Waals surface area contributed by atoms with E-state index in [0.717, 1.165) is 35.9 Å². The molecule has 1 aromatic heterocycles. The lowest BCUT2D eigenvalue weighted by molar-refractivity contribution is -0.122. The first kappa shape index (κ1) is 16.5. The first-order chi connectivity index (χ1) is 13.2. The molecule has 2 saturated carbocycles. The van der Waals surface area contributed by atoms with Crippen LogP contribution in [0.15, 0.2) is 60.8 Å². The zero-order valence-electron chi connectivity index (χ0n) is 15.6. The van der Waals surface area contributed by atoms with Gasteiger partial charge < -0.3 is 5.32 Å². The molecule has 2 aliphatic carbocycles. The number of para-hydroxylation sites is 1. The van der Waals surface area contributed by atoms with E-state index in [4.69, 9.17) is 0 Å². The molecule has 2 fully saturated rings. The molecular formula is C24H24N2O. The molecule has 2 aromatic carbocycles. The number of amides is 1. The van der Waals surface area contributed by atoms with Crippen molar-refractivity contribution in [2.75, 3.05) is 5.32 Å². The zero-order valence-corrected chi connectivity index (χ0v) is 15.6. The van der Waals surface area contributed by atoms with Crippen LogP contribution in [0.25, 0.3) is 10.9 Å². The van der Waals surface area contributed by atoms with Crippen molar-refractivity contribution in [3.63, 3.8) is 0 Å². The molecule has 0 aliphatic heterocycles. The van der Waals surface area contributed by atoms with E-state index < -0.39 is 0 Å². The smallest absolute Gasteiger partial charge is 0.228 e. The number of nitrogens with one attached hydrogen (secondary N) is 1. The highest BCUT2D eigenvalue weighted by molar-refractivity contribution is 6.01. The highest BCUT2D eigenvalue weighted by Crippen LogP contribution is 2.59. The molecule has 3 unspecified atom stereocenters. The van der Waals surface area contributed by atoms with Crippen molar-refractivity contribution in [2.45, 2.75) is 38.0 Å². The number of rotatable bonds is 3. The van der Waals surface area contributed by atoms with Crippen molar-refractivity contribution in [2.24, 2.45) is 11.8 Å². The first-order valence-electron chi connectivity index (χ1n) is 9.87. The lowest BCUT2D eigenvalue weighted by Gasteiger charge is -2.35. The number of aryl methyl sites for hydroxylation is 1. The van der Waals surface area contributed by atoms with Crippen LogP contribution in [-0.4, -0.2) is 10.9 Å². The second kappa shape index (κ2) is 6.19. The lowest BCUT2D eigenvalue weighted by Crippen LogP contribution is -2.38. The molecule has 1 amide bonds. The van der Waals surface area contributed by atoms with Crippen LogP contribution in [0.4, 0.5) is 5.69 Å². The van der Waals surface area contributed by atoms with Gasteiger partial charge in [0.1, 0.15) is 0 Å². The monoisotopic (exact) mass is 356 g/mol. The number of carbonyl (C=O) groups excluding carboxylic acids is 1. The number of benzene rings is 2. The predicted molar refractivity (Wildman–Crippen MR) is 109 cm³/mol. The maximum absolute atomic E-state index is 13.4. The average Bonchev–Trinajstić information content (AvgIpc) is 3.29. The fourth-order valence-corrected chi connectivity index (χ4v) is 5.39. The first-order valence-corrected chi connectivity index (χ1v) is 9.87. The third-order valence-corrected chi connectivity index (χ3v) is 6.72.